The molecule has 39 heavy (non-hydrogen) atoms. The molecular weight excluding hydrogens is 488 g/mol. The molecule has 7 heteroatoms. The molecule has 1 amide bonds. The number of carbonyl (C=O) groups is 1. The Kier molecular flexibility index (Phi) is 8.17. The topological polar surface area (TPSA) is 59.7 Å². The fourth-order valence-electron chi connectivity index (χ4n) is 5.66. The Morgan fingerprint density at radius 1 is 0.949 bits per heavy atom. The lowest BCUT2D eigenvalue weighted by molar-refractivity contribution is -0.133. The van der Waals surface area contributed by atoms with Crippen LogP contribution in [0.4, 0.5) is 0 Å². The van der Waals surface area contributed by atoms with Crippen LogP contribution in [0.15, 0.2) is 71.7 Å². The van der Waals surface area contributed by atoms with Crippen LogP contribution in [0.5, 0.6) is 5.75 Å². The highest BCUT2D eigenvalue weighted by molar-refractivity contribution is 5.88. The summed E-state index contributed by atoms with van der Waals surface area (Å²) in [6.07, 6.45) is 4.99. The summed E-state index contributed by atoms with van der Waals surface area (Å²) < 4.78 is 9.69. The van der Waals surface area contributed by atoms with E-state index in [2.05, 4.69) is 28.6 Å². The zero-order valence-electron chi connectivity index (χ0n) is 23.2. The van der Waals surface area contributed by atoms with Gasteiger partial charge >= 0.3 is 0 Å². The Balaban J connectivity index is 0.00000151. The number of benzene rings is 2. The van der Waals surface area contributed by atoms with Crippen molar-refractivity contribution in [3.8, 4) is 11.4 Å². The van der Waals surface area contributed by atoms with Crippen molar-refractivity contribution < 1.29 is 9.53 Å². The third kappa shape index (κ3) is 5.64. The van der Waals surface area contributed by atoms with E-state index < -0.39 is 0 Å². The average molecular weight is 527 g/mol. The van der Waals surface area contributed by atoms with E-state index in [9.17, 15) is 9.59 Å². The number of fused-ring (bicyclic) bond motifs is 3. The molecule has 0 spiro atoms. The molecule has 2 aromatic carbocycles. The van der Waals surface area contributed by atoms with Crippen LogP contribution in [0.1, 0.15) is 43.5 Å². The van der Waals surface area contributed by atoms with Crippen molar-refractivity contribution in [3.05, 3.63) is 94.0 Å². The first kappa shape index (κ1) is 26.8. The van der Waals surface area contributed by atoms with Crippen LogP contribution in [0, 0.1) is 0 Å². The lowest BCUT2D eigenvalue weighted by Crippen LogP contribution is -2.42. The molecule has 1 fully saturated rings. The number of aromatic nitrogens is 2. The van der Waals surface area contributed by atoms with Crippen molar-refractivity contribution in [2.24, 2.45) is 7.05 Å². The summed E-state index contributed by atoms with van der Waals surface area (Å²) in [6.45, 7) is 8.40. The van der Waals surface area contributed by atoms with Gasteiger partial charge in [-0.2, -0.15) is 0 Å². The van der Waals surface area contributed by atoms with Crippen molar-refractivity contribution in [1.82, 2.24) is 18.9 Å². The third-order valence-electron chi connectivity index (χ3n) is 7.72. The first-order valence-electron chi connectivity index (χ1n) is 14.1. The zero-order chi connectivity index (χ0) is 27.4. The van der Waals surface area contributed by atoms with Crippen LogP contribution >= 0.6 is 0 Å². The molecule has 0 atom stereocenters. The quantitative estimate of drug-likeness (QED) is 0.358. The van der Waals surface area contributed by atoms with E-state index in [1.54, 1.807) is 10.8 Å². The number of hydrogen-bond donors (Lipinski definition) is 0. The van der Waals surface area contributed by atoms with Gasteiger partial charge in [0.1, 0.15) is 12.4 Å². The van der Waals surface area contributed by atoms with Gasteiger partial charge in [-0.25, -0.2) is 0 Å². The average Bonchev–Trinajstić information content (AvgIpc) is 3.59. The molecule has 4 aromatic rings. The second-order valence-corrected chi connectivity index (χ2v) is 10.1. The Morgan fingerprint density at radius 3 is 2.46 bits per heavy atom. The van der Waals surface area contributed by atoms with E-state index in [-0.39, 0.29) is 11.5 Å². The van der Waals surface area contributed by atoms with E-state index in [1.165, 1.54) is 30.2 Å². The molecule has 7 nitrogen and oxygen atoms in total. The number of rotatable bonds is 6. The molecule has 0 bridgehead atoms. The van der Waals surface area contributed by atoms with Crippen molar-refractivity contribution in [1.29, 1.82) is 0 Å². The predicted octanol–water partition coefficient (Wildman–Crippen LogP) is 4.91. The fraction of sp³-hybridized carbons (Fsp3) is 0.375. The highest BCUT2D eigenvalue weighted by Crippen LogP contribution is 2.31. The number of ether oxygens (including phenoxy) is 1. The number of likely N-dealkylation sites (tertiary alicyclic amines) is 1. The second kappa shape index (κ2) is 11.9. The summed E-state index contributed by atoms with van der Waals surface area (Å²) in [5.41, 5.74) is 5.31. The summed E-state index contributed by atoms with van der Waals surface area (Å²) >= 11 is 0. The molecule has 0 radical (unpaired) electrons. The lowest BCUT2D eigenvalue weighted by atomic mass is 10.0. The van der Waals surface area contributed by atoms with Crippen LogP contribution < -0.4 is 10.3 Å². The van der Waals surface area contributed by atoms with Crippen molar-refractivity contribution in [3.63, 3.8) is 0 Å². The lowest BCUT2D eigenvalue weighted by Gasteiger charge is -2.29. The van der Waals surface area contributed by atoms with E-state index in [1.807, 2.05) is 61.2 Å². The molecule has 0 saturated carbocycles. The summed E-state index contributed by atoms with van der Waals surface area (Å²) in [7, 11) is 2.08. The van der Waals surface area contributed by atoms with Gasteiger partial charge in [0.2, 0.25) is 5.91 Å². The fourth-order valence-corrected chi connectivity index (χ4v) is 5.66. The monoisotopic (exact) mass is 526 g/mol. The number of hydrogen-bond acceptors (Lipinski definition) is 4. The Bertz CT molecular complexity index is 1500. The van der Waals surface area contributed by atoms with Gasteiger partial charge in [0, 0.05) is 55.5 Å². The van der Waals surface area contributed by atoms with Crippen molar-refractivity contribution in [2.45, 2.75) is 46.3 Å². The van der Waals surface area contributed by atoms with Gasteiger partial charge in [-0.1, -0.05) is 50.2 Å². The molecule has 6 rings (SSSR count). The third-order valence-corrected chi connectivity index (χ3v) is 7.72. The van der Waals surface area contributed by atoms with E-state index in [0.29, 0.717) is 25.4 Å². The predicted molar refractivity (Wildman–Crippen MR) is 155 cm³/mol. The summed E-state index contributed by atoms with van der Waals surface area (Å²) in [5.74, 6) is 0.779. The van der Waals surface area contributed by atoms with Crippen LogP contribution in [0.2, 0.25) is 0 Å². The van der Waals surface area contributed by atoms with Crippen LogP contribution in [-0.2, 0) is 31.4 Å². The minimum absolute atomic E-state index is 0.137. The second-order valence-electron chi connectivity index (χ2n) is 10.1. The Hall–Kier alpha value is -3.84. The van der Waals surface area contributed by atoms with E-state index in [0.717, 1.165) is 48.2 Å². The first-order chi connectivity index (χ1) is 19.1. The summed E-state index contributed by atoms with van der Waals surface area (Å²) in [5, 5.41) is 1.15. The van der Waals surface area contributed by atoms with Crippen LogP contribution in [0.25, 0.3) is 16.6 Å². The highest BCUT2D eigenvalue weighted by Gasteiger charge is 2.27. The van der Waals surface area contributed by atoms with E-state index in [4.69, 9.17) is 4.74 Å². The van der Waals surface area contributed by atoms with Crippen LogP contribution in [0.3, 0.4) is 0 Å². The maximum absolute atomic E-state index is 13.0. The molecule has 1 saturated heterocycles. The maximum Gasteiger partial charge on any atom is 0.258 e. The van der Waals surface area contributed by atoms with Gasteiger partial charge in [-0.3, -0.25) is 19.1 Å². The number of pyridine rings is 1. The van der Waals surface area contributed by atoms with Gasteiger partial charge in [-0.15, -0.1) is 0 Å². The smallest absolute Gasteiger partial charge is 0.258 e. The highest BCUT2D eigenvalue weighted by atomic mass is 16.5. The molecule has 204 valence electrons. The van der Waals surface area contributed by atoms with E-state index >= 15 is 0 Å². The number of amides is 1. The minimum atomic E-state index is -0.137. The normalized spacial score (nSPS) is 15.1. The zero-order valence-corrected chi connectivity index (χ0v) is 23.2. The van der Waals surface area contributed by atoms with Gasteiger partial charge < -0.3 is 14.2 Å². The van der Waals surface area contributed by atoms with Crippen molar-refractivity contribution >= 4 is 16.8 Å². The molecule has 0 unspecified atom stereocenters. The minimum Gasteiger partial charge on any atom is -0.489 e. The molecule has 2 aliphatic rings. The summed E-state index contributed by atoms with van der Waals surface area (Å²) in [4.78, 5) is 30.2. The molecule has 2 aromatic heterocycles. The van der Waals surface area contributed by atoms with Gasteiger partial charge in [0.15, 0.2) is 0 Å². The largest absolute Gasteiger partial charge is 0.489 e. The van der Waals surface area contributed by atoms with Crippen LogP contribution in [-0.4, -0.2) is 51.0 Å². The molecule has 0 aliphatic carbocycles. The SMILES string of the molecule is CC.Cn1c2c(c3ccc(-n4ccc(OCc5ccccc5)cc4=O)cc31)CN(C(=O)CN1CCCC1)CC2. The van der Waals surface area contributed by atoms with Gasteiger partial charge in [0.25, 0.3) is 5.56 Å². The Labute approximate surface area is 230 Å². The number of aryl methyl sites for hydroxylation is 1. The van der Waals surface area contributed by atoms with Gasteiger partial charge in [0.05, 0.1) is 17.7 Å². The maximum atomic E-state index is 13.0. The standard InChI is InChI=1S/C30H32N4O3.C2H6/c1-31-27-12-15-33(30(36)20-32-13-5-6-14-32)19-26(27)25-10-9-23(17-28(25)31)34-16-11-24(18-29(34)35)37-21-22-7-3-2-4-8-22;1-2/h2-4,7-11,16-18H,5-6,12-15,19-21H2,1H3;1-2H3. The number of nitrogens with zero attached hydrogens (tertiary/aromatic N) is 4. The Morgan fingerprint density at radius 2 is 1.72 bits per heavy atom. The molecule has 2 aliphatic heterocycles. The summed E-state index contributed by atoms with van der Waals surface area (Å²) in [6, 6.07) is 19.4. The first-order valence-corrected chi connectivity index (χ1v) is 14.1. The molecule has 4 heterocycles. The molecule has 0 N–H and O–H groups in total. The van der Waals surface area contributed by atoms with Gasteiger partial charge in [-0.05, 0) is 49.7 Å². The van der Waals surface area contributed by atoms with Crippen molar-refractivity contribution in [2.75, 3.05) is 26.2 Å². The molecular formula is C32H38N4O3. The number of carbonyl (C=O) groups excluding carboxylic acids is 1.